The number of hydrogen-bond donors (Lipinski definition) is 0. The molecule has 7 nitrogen and oxygen atoms in total. The summed E-state index contributed by atoms with van der Waals surface area (Å²) in [5.41, 5.74) is 1.49. The van der Waals surface area contributed by atoms with Gasteiger partial charge in [-0.25, -0.2) is 4.79 Å². The highest BCUT2D eigenvalue weighted by molar-refractivity contribution is 5.99. The zero-order valence-corrected chi connectivity index (χ0v) is 18.7. The highest BCUT2D eigenvalue weighted by Gasteiger charge is 2.46. The molecule has 0 aromatic heterocycles. The molecule has 0 radical (unpaired) electrons. The maximum absolute atomic E-state index is 13.4. The smallest absolute Gasteiger partial charge is 0.410 e. The summed E-state index contributed by atoms with van der Waals surface area (Å²) in [4.78, 5) is 28.0. The van der Waals surface area contributed by atoms with Crippen molar-refractivity contribution >= 4 is 11.9 Å². The molecule has 170 valence electrons. The van der Waals surface area contributed by atoms with Crippen molar-refractivity contribution in [3.8, 4) is 17.2 Å². The van der Waals surface area contributed by atoms with E-state index in [2.05, 4.69) is 0 Å². The molecule has 1 amide bonds. The fourth-order valence-electron chi connectivity index (χ4n) is 4.94. The quantitative estimate of drug-likeness (QED) is 0.593. The van der Waals surface area contributed by atoms with E-state index >= 15 is 0 Å². The van der Waals surface area contributed by atoms with E-state index in [0.717, 1.165) is 18.4 Å². The molecule has 4 rings (SSSR count). The number of fused-ring (bicyclic) bond motifs is 2. The Morgan fingerprint density at radius 3 is 2.03 bits per heavy atom. The van der Waals surface area contributed by atoms with Gasteiger partial charge < -0.3 is 23.8 Å². The van der Waals surface area contributed by atoms with Crippen molar-refractivity contribution in [1.29, 1.82) is 0 Å². The second-order valence-corrected chi connectivity index (χ2v) is 8.28. The monoisotopic (exact) mass is 439 g/mol. The molecule has 2 aliphatic heterocycles. The van der Waals surface area contributed by atoms with Gasteiger partial charge in [-0.15, -0.1) is 0 Å². The van der Waals surface area contributed by atoms with Crippen LogP contribution in [0.15, 0.2) is 42.5 Å². The van der Waals surface area contributed by atoms with Crippen molar-refractivity contribution in [3.05, 3.63) is 53.6 Å². The minimum Gasteiger partial charge on any atom is -0.493 e. The molecule has 2 unspecified atom stereocenters. The second kappa shape index (κ2) is 9.51. The zero-order chi connectivity index (χ0) is 22.7. The Morgan fingerprint density at radius 2 is 1.50 bits per heavy atom. The average molecular weight is 440 g/mol. The number of ether oxygens (including phenoxy) is 4. The summed E-state index contributed by atoms with van der Waals surface area (Å²) in [6.45, 7) is 0.253. The van der Waals surface area contributed by atoms with Crippen LogP contribution < -0.4 is 14.2 Å². The molecule has 2 aliphatic rings. The first-order valence-electron chi connectivity index (χ1n) is 10.9. The minimum absolute atomic E-state index is 0.0213. The number of hydrogen-bond acceptors (Lipinski definition) is 6. The number of piperidine rings is 1. The lowest BCUT2D eigenvalue weighted by atomic mass is 9.84. The molecule has 0 saturated carbocycles. The average Bonchev–Trinajstić information content (AvgIpc) is 3.10. The second-order valence-electron chi connectivity index (χ2n) is 8.28. The van der Waals surface area contributed by atoms with Gasteiger partial charge >= 0.3 is 6.09 Å². The number of ketones is 1. The molecular formula is C25H29NO6. The summed E-state index contributed by atoms with van der Waals surface area (Å²) in [5, 5.41) is 0. The van der Waals surface area contributed by atoms with Gasteiger partial charge in [0, 0.05) is 23.6 Å². The molecule has 7 heteroatoms. The maximum atomic E-state index is 13.4. The Kier molecular flexibility index (Phi) is 6.53. The predicted octanol–water partition coefficient (Wildman–Crippen LogP) is 4.47. The Labute approximate surface area is 188 Å². The Morgan fingerprint density at radius 1 is 0.906 bits per heavy atom. The van der Waals surface area contributed by atoms with Crippen LogP contribution in [0.4, 0.5) is 4.79 Å². The van der Waals surface area contributed by atoms with Crippen molar-refractivity contribution < 1.29 is 28.5 Å². The summed E-state index contributed by atoms with van der Waals surface area (Å²) < 4.78 is 21.7. The molecule has 0 aliphatic carbocycles. The van der Waals surface area contributed by atoms with Gasteiger partial charge in [0.25, 0.3) is 0 Å². The van der Waals surface area contributed by atoms with E-state index in [1.807, 2.05) is 35.2 Å². The molecule has 0 N–H and O–H groups in total. The number of methoxy groups -OCH3 is 3. The molecule has 0 spiro atoms. The lowest BCUT2D eigenvalue weighted by molar-refractivity contribution is 0.0485. The summed E-state index contributed by atoms with van der Waals surface area (Å²) in [6.07, 6.45) is 2.76. The fourth-order valence-corrected chi connectivity index (χ4v) is 4.94. The summed E-state index contributed by atoms with van der Waals surface area (Å²) in [7, 11) is 4.60. The lowest BCUT2D eigenvalue weighted by Crippen LogP contribution is -2.48. The fraction of sp³-hybridized carbons (Fsp3) is 0.440. The van der Waals surface area contributed by atoms with Crippen LogP contribution in [0.1, 0.15) is 41.6 Å². The maximum Gasteiger partial charge on any atom is 0.410 e. The van der Waals surface area contributed by atoms with Crippen LogP contribution in [-0.2, 0) is 11.3 Å². The van der Waals surface area contributed by atoms with Crippen LogP contribution >= 0.6 is 0 Å². The SMILES string of the molecule is COc1cc(C(=O)C2CC3CCC(C2)N3C(=O)OCc2ccccc2)cc(OC)c1OC. The van der Waals surface area contributed by atoms with E-state index in [4.69, 9.17) is 18.9 Å². The molecule has 2 fully saturated rings. The van der Waals surface area contributed by atoms with Crippen LogP contribution in [0.2, 0.25) is 0 Å². The molecule has 32 heavy (non-hydrogen) atoms. The topological polar surface area (TPSA) is 74.3 Å². The van der Waals surface area contributed by atoms with E-state index in [1.165, 1.54) is 21.3 Å². The van der Waals surface area contributed by atoms with Crippen LogP contribution in [0.3, 0.4) is 0 Å². The number of amides is 1. The minimum atomic E-state index is -0.292. The molecule has 2 aromatic carbocycles. The largest absolute Gasteiger partial charge is 0.493 e. The van der Waals surface area contributed by atoms with Crippen molar-refractivity contribution in [2.24, 2.45) is 5.92 Å². The van der Waals surface area contributed by atoms with Gasteiger partial charge in [0.15, 0.2) is 17.3 Å². The third-order valence-electron chi connectivity index (χ3n) is 6.47. The van der Waals surface area contributed by atoms with Gasteiger partial charge in [-0.3, -0.25) is 4.79 Å². The van der Waals surface area contributed by atoms with Gasteiger partial charge in [-0.05, 0) is 43.4 Å². The standard InChI is InChI=1S/C25H29NO6/c1-29-21-13-18(14-22(30-2)24(21)31-3)23(27)17-11-19-9-10-20(12-17)26(19)25(28)32-15-16-7-5-4-6-8-16/h4-8,13-14,17,19-20H,9-12,15H2,1-3H3. The van der Waals surface area contributed by atoms with Crippen molar-refractivity contribution in [2.45, 2.75) is 44.4 Å². The Bertz CT molecular complexity index is 937. The van der Waals surface area contributed by atoms with Gasteiger partial charge in [0.2, 0.25) is 5.75 Å². The molecule has 2 bridgehead atoms. The third-order valence-corrected chi connectivity index (χ3v) is 6.47. The number of Topliss-reactive ketones (excluding diaryl/α,β-unsaturated/α-hetero) is 1. The van der Waals surface area contributed by atoms with Gasteiger partial charge in [0.05, 0.1) is 21.3 Å². The highest BCUT2D eigenvalue weighted by Crippen LogP contribution is 2.43. The summed E-state index contributed by atoms with van der Waals surface area (Å²) in [6, 6.07) is 13.1. The summed E-state index contributed by atoms with van der Waals surface area (Å²) >= 11 is 0. The third kappa shape index (κ3) is 4.24. The van der Waals surface area contributed by atoms with Crippen molar-refractivity contribution in [2.75, 3.05) is 21.3 Å². The Balaban J connectivity index is 1.45. The molecule has 2 atom stereocenters. The van der Waals surface area contributed by atoms with Crippen molar-refractivity contribution in [1.82, 2.24) is 4.90 Å². The van der Waals surface area contributed by atoms with Crippen LogP contribution in [0.5, 0.6) is 17.2 Å². The predicted molar refractivity (Wildman–Crippen MR) is 118 cm³/mol. The van der Waals surface area contributed by atoms with Gasteiger partial charge in [-0.2, -0.15) is 0 Å². The molecular weight excluding hydrogens is 410 g/mol. The zero-order valence-electron chi connectivity index (χ0n) is 18.7. The first kappa shape index (κ1) is 22.0. The van der Waals surface area contributed by atoms with E-state index in [9.17, 15) is 9.59 Å². The number of benzene rings is 2. The van der Waals surface area contributed by atoms with E-state index in [1.54, 1.807) is 12.1 Å². The molecule has 2 heterocycles. The number of carbonyl (C=O) groups is 2. The number of nitrogens with zero attached hydrogens (tertiary/aromatic N) is 1. The normalized spacial score (nSPS) is 21.7. The van der Waals surface area contributed by atoms with Crippen molar-refractivity contribution in [3.63, 3.8) is 0 Å². The van der Waals surface area contributed by atoms with E-state index in [0.29, 0.717) is 35.7 Å². The summed E-state index contributed by atoms with van der Waals surface area (Å²) in [5.74, 6) is 1.26. The van der Waals surface area contributed by atoms with Crippen LogP contribution in [-0.4, -0.2) is 50.2 Å². The van der Waals surface area contributed by atoms with E-state index in [-0.39, 0.29) is 36.5 Å². The highest BCUT2D eigenvalue weighted by atomic mass is 16.6. The van der Waals surface area contributed by atoms with Gasteiger partial charge in [-0.1, -0.05) is 30.3 Å². The van der Waals surface area contributed by atoms with Gasteiger partial charge in [0.1, 0.15) is 6.61 Å². The molecule has 2 saturated heterocycles. The number of rotatable bonds is 7. The Hall–Kier alpha value is -3.22. The van der Waals surface area contributed by atoms with Crippen LogP contribution in [0.25, 0.3) is 0 Å². The lowest BCUT2D eigenvalue weighted by Gasteiger charge is -2.37. The first-order chi connectivity index (χ1) is 15.5. The molecule has 2 aromatic rings. The number of carbonyl (C=O) groups excluding carboxylic acids is 2. The van der Waals surface area contributed by atoms with Crippen LogP contribution in [0, 0.1) is 5.92 Å². The van der Waals surface area contributed by atoms with E-state index < -0.39 is 0 Å². The first-order valence-corrected chi connectivity index (χ1v) is 10.9.